The van der Waals surface area contributed by atoms with Crippen LogP contribution in [0.5, 0.6) is 0 Å². The van der Waals surface area contributed by atoms with Gasteiger partial charge in [0.15, 0.2) is 0 Å². The number of benzene rings is 4. The first-order chi connectivity index (χ1) is 13.9. The molecule has 2 aliphatic carbocycles. The largest absolute Gasteiger partial charge is 0.302 e. The zero-order valence-corrected chi connectivity index (χ0v) is 15.3. The Labute approximate surface area is 164 Å². The van der Waals surface area contributed by atoms with Crippen LogP contribution in [0.15, 0.2) is 97.1 Å². The van der Waals surface area contributed by atoms with Crippen LogP contribution < -0.4 is 0 Å². The molecular formula is C27H18O. The van der Waals surface area contributed by atoms with Crippen LogP contribution in [0.2, 0.25) is 0 Å². The molecule has 0 radical (unpaired) electrons. The normalized spacial score (nSPS) is 15.4. The van der Waals surface area contributed by atoms with E-state index < -0.39 is 0 Å². The number of hydrogen-bond acceptors (Lipinski definition) is 1. The van der Waals surface area contributed by atoms with Gasteiger partial charge in [0.2, 0.25) is 0 Å². The van der Waals surface area contributed by atoms with Crippen LogP contribution in [0, 0.1) is 0 Å². The van der Waals surface area contributed by atoms with E-state index in [1.54, 1.807) is 0 Å². The number of aldehydes is 1. The van der Waals surface area contributed by atoms with Gasteiger partial charge in [0.25, 0.3) is 0 Å². The Morgan fingerprint density at radius 1 is 0.536 bits per heavy atom. The van der Waals surface area contributed by atoms with Gasteiger partial charge in [0, 0.05) is 0 Å². The molecule has 1 heteroatoms. The summed E-state index contributed by atoms with van der Waals surface area (Å²) in [6.45, 7) is 0. The average Bonchev–Trinajstić information content (AvgIpc) is 3.06. The molecule has 28 heavy (non-hydrogen) atoms. The van der Waals surface area contributed by atoms with Crippen molar-refractivity contribution in [3.63, 3.8) is 0 Å². The van der Waals surface area contributed by atoms with E-state index in [1.807, 2.05) is 12.1 Å². The molecule has 0 atom stereocenters. The Hall–Kier alpha value is -3.45. The predicted octanol–water partition coefficient (Wildman–Crippen LogP) is 5.69. The second-order valence-corrected chi connectivity index (χ2v) is 7.63. The molecule has 0 bridgehead atoms. The highest BCUT2D eigenvalue weighted by Gasteiger charge is 2.51. The molecule has 0 heterocycles. The quantitative estimate of drug-likeness (QED) is 0.352. The molecule has 0 aliphatic heterocycles. The minimum absolute atomic E-state index is 0.224. The van der Waals surface area contributed by atoms with Gasteiger partial charge in [0.1, 0.15) is 6.29 Å². The minimum Gasteiger partial charge on any atom is -0.302 e. The van der Waals surface area contributed by atoms with Crippen molar-refractivity contribution in [2.75, 3.05) is 0 Å². The fraction of sp³-hybridized carbons (Fsp3) is 0.0741. The van der Waals surface area contributed by atoms with Crippen molar-refractivity contribution in [3.8, 4) is 11.1 Å². The number of fused-ring (bicyclic) bond motifs is 9. The lowest BCUT2D eigenvalue weighted by atomic mass is 9.59. The standard InChI is InChI=1S/C27H18O/c28-17-22-20-11-3-7-15-25(20)27(26-16-8-4-12-21(22)26)23-13-5-1-9-18(23)19-10-2-6-14-24(19)27/h1-17,22H. The Balaban J connectivity index is 1.87. The molecule has 6 rings (SSSR count). The van der Waals surface area contributed by atoms with Gasteiger partial charge in [-0.15, -0.1) is 0 Å². The van der Waals surface area contributed by atoms with Gasteiger partial charge in [-0.2, -0.15) is 0 Å². The summed E-state index contributed by atoms with van der Waals surface area (Å²) in [7, 11) is 0. The Morgan fingerprint density at radius 3 is 1.39 bits per heavy atom. The third-order valence-electron chi connectivity index (χ3n) is 6.49. The molecule has 0 unspecified atom stereocenters. The highest BCUT2D eigenvalue weighted by atomic mass is 16.1. The van der Waals surface area contributed by atoms with Gasteiger partial charge >= 0.3 is 0 Å². The van der Waals surface area contributed by atoms with Crippen LogP contribution in [-0.2, 0) is 10.2 Å². The molecule has 0 aromatic heterocycles. The van der Waals surface area contributed by atoms with Crippen LogP contribution >= 0.6 is 0 Å². The molecule has 1 spiro atoms. The van der Waals surface area contributed by atoms with Gasteiger partial charge in [-0.25, -0.2) is 0 Å². The van der Waals surface area contributed by atoms with Crippen molar-refractivity contribution in [2.45, 2.75) is 11.3 Å². The van der Waals surface area contributed by atoms with E-state index in [4.69, 9.17) is 0 Å². The van der Waals surface area contributed by atoms with Crippen molar-refractivity contribution < 1.29 is 4.79 Å². The maximum Gasteiger partial charge on any atom is 0.131 e. The second kappa shape index (κ2) is 5.53. The van der Waals surface area contributed by atoms with Crippen molar-refractivity contribution in [3.05, 3.63) is 130 Å². The minimum atomic E-state index is -0.375. The predicted molar refractivity (Wildman–Crippen MR) is 112 cm³/mol. The molecule has 0 amide bonds. The van der Waals surface area contributed by atoms with E-state index in [1.165, 1.54) is 33.4 Å². The zero-order valence-electron chi connectivity index (χ0n) is 15.3. The molecule has 0 N–H and O–H groups in total. The van der Waals surface area contributed by atoms with Crippen LogP contribution in [-0.4, -0.2) is 6.29 Å². The summed E-state index contributed by atoms with van der Waals surface area (Å²) < 4.78 is 0. The molecule has 4 aromatic rings. The molecule has 1 nitrogen and oxygen atoms in total. The maximum absolute atomic E-state index is 12.2. The molecular weight excluding hydrogens is 340 g/mol. The van der Waals surface area contributed by atoms with Gasteiger partial charge in [0.05, 0.1) is 11.3 Å². The van der Waals surface area contributed by atoms with Crippen molar-refractivity contribution in [2.24, 2.45) is 0 Å². The third kappa shape index (κ3) is 1.70. The molecule has 4 aromatic carbocycles. The molecule has 2 aliphatic rings. The van der Waals surface area contributed by atoms with Crippen molar-refractivity contribution in [1.82, 2.24) is 0 Å². The first-order valence-corrected chi connectivity index (χ1v) is 9.71. The van der Waals surface area contributed by atoms with Gasteiger partial charge in [-0.05, 0) is 44.5 Å². The number of carbonyl (C=O) groups is 1. The highest BCUT2D eigenvalue weighted by molar-refractivity contribution is 5.89. The van der Waals surface area contributed by atoms with E-state index in [0.717, 1.165) is 17.4 Å². The molecule has 132 valence electrons. The SMILES string of the molecule is O=CC1c2ccccc2C2(c3ccccc3-c3ccccc32)c2ccccc21. The van der Waals surface area contributed by atoms with Crippen LogP contribution in [0.3, 0.4) is 0 Å². The Kier molecular flexibility index (Phi) is 3.08. The molecule has 0 saturated carbocycles. The average molecular weight is 358 g/mol. The molecule has 0 saturated heterocycles. The fourth-order valence-electron chi connectivity index (χ4n) is 5.49. The summed E-state index contributed by atoms with van der Waals surface area (Å²) in [5, 5.41) is 0. The lowest BCUT2D eigenvalue weighted by Gasteiger charge is -2.42. The summed E-state index contributed by atoms with van der Waals surface area (Å²) in [4.78, 5) is 12.2. The first kappa shape index (κ1) is 15.6. The summed E-state index contributed by atoms with van der Waals surface area (Å²) in [6, 6.07) is 34.4. The van der Waals surface area contributed by atoms with Gasteiger partial charge in [-0.1, -0.05) is 97.1 Å². The van der Waals surface area contributed by atoms with E-state index in [0.29, 0.717) is 0 Å². The summed E-state index contributed by atoms with van der Waals surface area (Å²) >= 11 is 0. The third-order valence-corrected chi connectivity index (χ3v) is 6.49. The summed E-state index contributed by atoms with van der Waals surface area (Å²) in [5.41, 5.74) is 9.48. The second-order valence-electron chi connectivity index (χ2n) is 7.63. The van der Waals surface area contributed by atoms with Gasteiger partial charge < -0.3 is 4.79 Å². The Morgan fingerprint density at radius 2 is 0.929 bits per heavy atom. The first-order valence-electron chi connectivity index (χ1n) is 9.71. The lowest BCUT2D eigenvalue weighted by molar-refractivity contribution is -0.108. The van der Waals surface area contributed by atoms with Gasteiger partial charge in [-0.3, -0.25) is 0 Å². The number of rotatable bonds is 1. The monoisotopic (exact) mass is 358 g/mol. The lowest BCUT2D eigenvalue weighted by Crippen LogP contribution is -2.35. The van der Waals surface area contributed by atoms with E-state index in [2.05, 4.69) is 84.9 Å². The number of hydrogen-bond donors (Lipinski definition) is 0. The zero-order chi connectivity index (χ0) is 18.7. The Bertz CT molecular complexity index is 1160. The summed E-state index contributed by atoms with van der Waals surface area (Å²) in [5.74, 6) is -0.224. The smallest absolute Gasteiger partial charge is 0.131 e. The van der Waals surface area contributed by atoms with E-state index in [-0.39, 0.29) is 11.3 Å². The topological polar surface area (TPSA) is 17.1 Å². The highest BCUT2D eigenvalue weighted by Crippen LogP contribution is 2.60. The van der Waals surface area contributed by atoms with Crippen molar-refractivity contribution >= 4 is 6.29 Å². The van der Waals surface area contributed by atoms with E-state index in [9.17, 15) is 4.79 Å². The van der Waals surface area contributed by atoms with Crippen LogP contribution in [0.25, 0.3) is 11.1 Å². The number of carbonyl (C=O) groups excluding carboxylic acids is 1. The molecule has 0 fully saturated rings. The fourth-order valence-corrected chi connectivity index (χ4v) is 5.49. The van der Waals surface area contributed by atoms with Crippen LogP contribution in [0.1, 0.15) is 39.3 Å². The van der Waals surface area contributed by atoms with Crippen molar-refractivity contribution in [1.29, 1.82) is 0 Å². The maximum atomic E-state index is 12.2. The van der Waals surface area contributed by atoms with E-state index >= 15 is 0 Å². The van der Waals surface area contributed by atoms with Crippen LogP contribution in [0.4, 0.5) is 0 Å². The summed E-state index contributed by atoms with van der Waals surface area (Å²) in [6.07, 6.45) is 1.09.